The Morgan fingerprint density at radius 2 is 2.20 bits per heavy atom. The van der Waals surface area contributed by atoms with Crippen molar-refractivity contribution in [1.82, 2.24) is 9.69 Å². The van der Waals surface area contributed by atoms with Crippen LogP contribution in [0.5, 0.6) is 0 Å². The fraction of sp³-hybridized carbons (Fsp3) is 0.636. The van der Waals surface area contributed by atoms with Crippen molar-refractivity contribution in [3.8, 4) is 0 Å². The van der Waals surface area contributed by atoms with Gasteiger partial charge >= 0.3 is 6.18 Å². The highest BCUT2D eigenvalue weighted by Gasteiger charge is 2.34. The van der Waals surface area contributed by atoms with E-state index in [1.54, 1.807) is 6.92 Å². The van der Waals surface area contributed by atoms with E-state index in [1.165, 1.54) is 0 Å². The number of halogens is 3. The maximum atomic E-state index is 12.5. The Bertz CT molecular complexity index is 498. The highest BCUT2D eigenvalue weighted by Crippen LogP contribution is 2.33. The van der Waals surface area contributed by atoms with E-state index >= 15 is 0 Å². The lowest BCUT2D eigenvalue weighted by molar-refractivity contribution is -0.119. The molecule has 1 aliphatic rings. The smallest absolute Gasteiger partial charge is 0.382 e. The predicted molar refractivity (Wildman–Crippen MR) is 71.0 cm³/mol. The molecule has 0 aromatic carbocycles. The molecule has 0 spiro atoms. The first-order valence-corrected chi connectivity index (χ1v) is 6.97. The summed E-state index contributed by atoms with van der Waals surface area (Å²) in [5.74, 6) is -0.474. The van der Waals surface area contributed by atoms with Crippen LogP contribution in [0.25, 0.3) is 0 Å². The Morgan fingerprint density at radius 1 is 1.55 bits per heavy atom. The predicted octanol–water partition coefficient (Wildman–Crippen LogP) is 2.01. The normalized spacial score (nSPS) is 15.2. The summed E-state index contributed by atoms with van der Waals surface area (Å²) >= 11 is 0.815. The summed E-state index contributed by atoms with van der Waals surface area (Å²) in [5, 5.41) is 2.89. The third-order valence-corrected chi connectivity index (χ3v) is 3.80. The topological polar surface area (TPSA) is 71.2 Å². The monoisotopic (exact) mass is 308 g/mol. The lowest BCUT2D eigenvalue weighted by Crippen LogP contribution is -2.35. The lowest BCUT2D eigenvalue weighted by Gasteiger charge is -2.23. The molecule has 0 saturated heterocycles. The van der Waals surface area contributed by atoms with E-state index in [-0.39, 0.29) is 29.0 Å². The highest BCUT2D eigenvalue weighted by atomic mass is 32.1. The summed E-state index contributed by atoms with van der Waals surface area (Å²) in [6.45, 7) is 0.573. The Kier molecular flexibility index (Phi) is 4.07. The molecule has 1 amide bonds. The van der Waals surface area contributed by atoms with Crippen molar-refractivity contribution in [1.29, 1.82) is 0 Å². The van der Waals surface area contributed by atoms with Crippen LogP contribution >= 0.6 is 11.5 Å². The number of nitrogens with zero attached hydrogens (tertiary/aromatic N) is 2. The number of carbonyl (C=O) groups is 1. The van der Waals surface area contributed by atoms with Crippen molar-refractivity contribution >= 4 is 28.3 Å². The molecule has 1 heterocycles. The van der Waals surface area contributed by atoms with Crippen molar-refractivity contribution in [2.75, 3.05) is 23.7 Å². The number of nitrogens with one attached hydrogen (secondary N) is 1. The summed E-state index contributed by atoms with van der Waals surface area (Å²) in [5.41, 5.74) is 5.67. The van der Waals surface area contributed by atoms with E-state index in [0.29, 0.717) is 0 Å². The Labute approximate surface area is 118 Å². The molecule has 0 unspecified atom stereocenters. The van der Waals surface area contributed by atoms with Gasteiger partial charge in [0.15, 0.2) is 5.82 Å². The molecule has 1 saturated carbocycles. The minimum absolute atomic E-state index is 0.0243. The van der Waals surface area contributed by atoms with Gasteiger partial charge in [-0.2, -0.15) is 17.5 Å². The zero-order valence-electron chi connectivity index (χ0n) is 10.8. The van der Waals surface area contributed by atoms with Crippen LogP contribution in [-0.4, -0.2) is 35.6 Å². The molecule has 20 heavy (non-hydrogen) atoms. The summed E-state index contributed by atoms with van der Waals surface area (Å²) < 4.78 is 41.5. The van der Waals surface area contributed by atoms with Crippen LogP contribution in [0, 0.1) is 0 Å². The third kappa shape index (κ3) is 3.53. The number of alkyl halides is 3. The summed E-state index contributed by atoms with van der Waals surface area (Å²) in [7, 11) is 0. The first-order valence-electron chi connectivity index (χ1n) is 6.19. The second-order valence-electron chi connectivity index (χ2n) is 4.63. The van der Waals surface area contributed by atoms with Crippen molar-refractivity contribution in [2.45, 2.75) is 32.0 Å². The molecule has 112 valence electrons. The van der Waals surface area contributed by atoms with E-state index in [1.807, 2.05) is 0 Å². The SMILES string of the molecule is CCN(CC(F)(F)F)c1snc(N)c1C(=O)NC1CC1. The van der Waals surface area contributed by atoms with Gasteiger partial charge in [-0.05, 0) is 31.3 Å². The van der Waals surface area contributed by atoms with Gasteiger partial charge in [0.05, 0.1) is 0 Å². The van der Waals surface area contributed by atoms with Crippen LogP contribution in [0.15, 0.2) is 0 Å². The molecular weight excluding hydrogens is 293 g/mol. The minimum Gasteiger partial charge on any atom is -0.382 e. The zero-order valence-corrected chi connectivity index (χ0v) is 11.6. The second kappa shape index (κ2) is 5.47. The number of rotatable bonds is 5. The van der Waals surface area contributed by atoms with Gasteiger partial charge in [-0.1, -0.05) is 0 Å². The van der Waals surface area contributed by atoms with Gasteiger partial charge in [-0.15, -0.1) is 0 Å². The van der Waals surface area contributed by atoms with Crippen molar-refractivity contribution < 1.29 is 18.0 Å². The number of hydrogen-bond acceptors (Lipinski definition) is 5. The molecule has 0 atom stereocenters. The van der Waals surface area contributed by atoms with Gasteiger partial charge in [0.1, 0.15) is 17.1 Å². The Morgan fingerprint density at radius 3 is 2.70 bits per heavy atom. The van der Waals surface area contributed by atoms with E-state index < -0.39 is 18.6 Å². The van der Waals surface area contributed by atoms with Crippen molar-refractivity contribution in [3.05, 3.63) is 5.56 Å². The average Bonchev–Trinajstić information content (AvgIpc) is 3.06. The van der Waals surface area contributed by atoms with E-state index in [0.717, 1.165) is 29.3 Å². The molecule has 1 aromatic heterocycles. The molecule has 0 radical (unpaired) electrons. The lowest BCUT2D eigenvalue weighted by atomic mass is 10.2. The molecule has 5 nitrogen and oxygen atoms in total. The van der Waals surface area contributed by atoms with Crippen LogP contribution in [0.2, 0.25) is 0 Å². The average molecular weight is 308 g/mol. The number of aromatic nitrogens is 1. The standard InChI is InChI=1S/C11H15F3N4OS/c1-2-18(5-11(12,13)14)10-7(8(15)17-20-10)9(19)16-6-3-4-6/h6H,2-5H2,1H3,(H2,15,17)(H,16,19). The number of carbonyl (C=O) groups excluding carboxylic acids is 1. The Balaban J connectivity index is 2.23. The van der Waals surface area contributed by atoms with E-state index in [9.17, 15) is 18.0 Å². The van der Waals surface area contributed by atoms with Crippen LogP contribution in [0.1, 0.15) is 30.1 Å². The molecular formula is C11H15F3N4OS. The summed E-state index contributed by atoms with van der Waals surface area (Å²) in [6.07, 6.45) is -2.57. The zero-order chi connectivity index (χ0) is 14.9. The maximum absolute atomic E-state index is 12.5. The molecule has 2 rings (SSSR count). The van der Waals surface area contributed by atoms with Gasteiger partial charge in [-0.3, -0.25) is 4.79 Å². The molecule has 1 aromatic rings. The van der Waals surface area contributed by atoms with Crippen LogP contribution in [0.4, 0.5) is 24.0 Å². The van der Waals surface area contributed by atoms with Crippen molar-refractivity contribution in [2.24, 2.45) is 0 Å². The van der Waals surface area contributed by atoms with Crippen LogP contribution in [0.3, 0.4) is 0 Å². The van der Waals surface area contributed by atoms with Crippen molar-refractivity contribution in [3.63, 3.8) is 0 Å². The Hall–Kier alpha value is -1.51. The number of amides is 1. The first-order chi connectivity index (χ1) is 9.31. The number of hydrogen-bond donors (Lipinski definition) is 2. The number of nitrogen functional groups attached to an aromatic ring is 1. The van der Waals surface area contributed by atoms with Gasteiger partial charge in [0.25, 0.3) is 5.91 Å². The third-order valence-electron chi connectivity index (χ3n) is 2.88. The minimum atomic E-state index is -4.35. The first kappa shape index (κ1) is 14.9. The van der Waals surface area contributed by atoms with Crippen LogP contribution < -0.4 is 16.0 Å². The van der Waals surface area contributed by atoms with Crippen LogP contribution in [-0.2, 0) is 0 Å². The van der Waals surface area contributed by atoms with Gasteiger partial charge in [0.2, 0.25) is 0 Å². The highest BCUT2D eigenvalue weighted by molar-refractivity contribution is 7.11. The summed E-state index contributed by atoms with van der Waals surface area (Å²) in [6, 6.07) is 0.104. The molecule has 9 heteroatoms. The molecule has 0 bridgehead atoms. The summed E-state index contributed by atoms with van der Waals surface area (Å²) in [4.78, 5) is 13.1. The van der Waals surface area contributed by atoms with E-state index in [4.69, 9.17) is 5.73 Å². The molecule has 1 aliphatic carbocycles. The molecule has 0 aliphatic heterocycles. The fourth-order valence-electron chi connectivity index (χ4n) is 1.75. The van der Waals surface area contributed by atoms with Gasteiger partial charge in [-0.25, -0.2) is 0 Å². The second-order valence-corrected chi connectivity index (χ2v) is 5.38. The quantitative estimate of drug-likeness (QED) is 0.873. The fourth-order valence-corrected chi connectivity index (χ4v) is 2.63. The molecule has 3 N–H and O–H groups in total. The molecule has 1 fully saturated rings. The number of anilines is 2. The maximum Gasteiger partial charge on any atom is 0.405 e. The van der Waals surface area contributed by atoms with E-state index in [2.05, 4.69) is 9.69 Å². The van der Waals surface area contributed by atoms with Gasteiger partial charge < -0.3 is 16.0 Å². The largest absolute Gasteiger partial charge is 0.405 e. The van der Waals surface area contributed by atoms with Gasteiger partial charge in [0, 0.05) is 12.6 Å². The number of nitrogens with two attached hydrogens (primary N) is 1.